The summed E-state index contributed by atoms with van der Waals surface area (Å²) in [6.07, 6.45) is 1.85. The fourth-order valence-electron chi connectivity index (χ4n) is 2.42. The fraction of sp³-hybridized carbons (Fsp3) is 0.154. The van der Waals surface area contributed by atoms with Crippen molar-refractivity contribution in [2.24, 2.45) is 0 Å². The van der Waals surface area contributed by atoms with Gasteiger partial charge in [0.1, 0.15) is 6.29 Å². The molecule has 0 N–H and O–H groups in total. The van der Waals surface area contributed by atoms with Crippen LogP contribution in [0.25, 0.3) is 10.8 Å². The summed E-state index contributed by atoms with van der Waals surface area (Å²) < 4.78 is 0. The van der Waals surface area contributed by atoms with Crippen molar-refractivity contribution >= 4 is 28.7 Å². The second-order valence-electron chi connectivity index (χ2n) is 3.92. The maximum atomic E-state index is 11.0. The first-order valence-electron chi connectivity index (χ1n) is 4.96. The van der Waals surface area contributed by atoms with Crippen molar-refractivity contribution in [2.75, 3.05) is 0 Å². The Labute approximate surface area is 92.7 Å². The molecule has 0 aliphatic heterocycles. The van der Waals surface area contributed by atoms with Crippen LogP contribution in [0.1, 0.15) is 17.0 Å². The Morgan fingerprint density at radius 1 is 1.27 bits per heavy atom. The standard InChI is InChI=1S/C13H9ClO/c14-12-5-4-8-6-9(7-15)10-2-1-3-11(12)13(8)10/h1-5,7,9H,6H2. The molecule has 15 heavy (non-hydrogen) atoms. The van der Waals surface area contributed by atoms with Crippen LogP contribution >= 0.6 is 11.6 Å². The predicted octanol–water partition coefficient (Wildman–Crippen LogP) is 3.33. The van der Waals surface area contributed by atoms with E-state index in [2.05, 4.69) is 0 Å². The summed E-state index contributed by atoms with van der Waals surface area (Å²) >= 11 is 6.13. The van der Waals surface area contributed by atoms with Gasteiger partial charge in [-0.25, -0.2) is 0 Å². The van der Waals surface area contributed by atoms with E-state index in [-0.39, 0.29) is 5.92 Å². The van der Waals surface area contributed by atoms with E-state index in [1.165, 1.54) is 10.9 Å². The monoisotopic (exact) mass is 216 g/mol. The zero-order chi connectivity index (χ0) is 10.4. The van der Waals surface area contributed by atoms with Gasteiger partial charge in [-0.1, -0.05) is 35.9 Å². The van der Waals surface area contributed by atoms with Gasteiger partial charge in [0, 0.05) is 16.3 Å². The van der Waals surface area contributed by atoms with Gasteiger partial charge in [-0.2, -0.15) is 0 Å². The molecule has 1 aliphatic rings. The Morgan fingerprint density at radius 2 is 2.13 bits per heavy atom. The first-order chi connectivity index (χ1) is 7.31. The van der Waals surface area contributed by atoms with Crippen LogP contribution in [0.5, 0.6) is 0 Å². The minimum absolute atomic E-state index is 0.0159. The molecule has 0 saturated carbocycles. The molecular weight excluding hydrogens is 208 g/mol. The van der Waals surface area contributed by atoms with Crippen LogP contribution in [0.15, 0.2) is 30.3 Å². The number of aldehydes is 1. The van der Waals surface area contributed by atoms with Crippen molar-refractivity contribution in [2.45, 2.75) is 12.3 Å². The van der Waals surface area contributed by atoms with Gasteiger partial charge < -0.3 is 4.79 Å². The van der Waals surface area contributed by atoms with Gasteiger partial charge in [0.15, 0.2) is 0 Å². The van der Waals surface area contributed by atoms with Crippen molar-refractivity contribution in [1.29, 1.82) is 0 Å². The molecule has 2 aromatic carbocycles. The predicted molar refractivity (Wildman–Crippen MR) is 61.5 cm³/mol. The highest BCUT2D eigenvalue weighted by Gasteiger charge is 2.24. The topological polar surface area (TPSA) is 17.1 Å². The van der Waals surface area contributed by atoms with Gasteiger partial charge in [-0.15, -0.1) is 0 Å². The highest BCUT2D eigenvalue weighted by Crippen LogP contribution is 2.39. The molecule has 0 fully saturated rings. The molecule has 2 aromatic rings. The molecule has 3 rings (SSSR count). The highest BCUT2D eigenvalue weighted by molar-refractivity contribution is 6.35. The van der Waals surface area contributed by atoms with Crippen LogP contribution in [0.3, 0.4) is 0 Å². The van der Waals surface area contributed by atoms with Crippen LogP contribution in [-0.4, -0.2) is 6.29 Å². The summed E-state index contributed by atoms with van der Waals surface area (Å²) in [7, 11) is 0. The Bertz CT molecular complexity index is 560. The van der Waals surface area contributed by atoms with Crippen LogP contribution < -0.4 is 0 Å². The fourth-order valence-corrected chi connectivity index (χ4v) is 2.64. The molecule has 74 valence electrons. The van der Waals surface area contributed by atoms with Gasteiger partial charge in [0.2, 0.25) is 0 Å². The summed E-state index contributed by atoms with van der Waals surface area (Å²) in [4.78, 5) is 11.0. The number of rotatable bonds is 1. The lowest BCUT2D eigenvalue weighted by Crippen LogP contribution is -1.96. The van der Waals surface area contributed by atoms with Crippen LogP contribution in [0.2, 0.25) is 5.02 Å². The van der Waals surface area contributed by atoms with E-state index in [1.807, 2.05) is 30.3 Å². The summed E-state index contributed by atoms with van der Waals surface area (Å²) in [5, 5.41) is 3.01. The number of halogens is 1. The van der Waals surface area contributed by atoms with E-state index in [0.717, 1.165) is 28.7 Å². The number of carbonyl (C=O) groups is 1. The van der Waals surface area contributed by atoms with Gasteiger partial charge >= 0.3 is 0 Å². The third kappa shape index (κ3) is 1.13. The lowest BCUT2D eigenvalue weighted by atomic mass is 10.0. The first-order valence-corrected chi connectivity index (χ1v) is 5.34. The molecule has 0 bridgehead atoms. The summed E-state index contributed by atoms with van der Waals surface area (Å²) in [6.45, 7) is 0. The summed E-state index contributed by atoms with van der Waals surface area (Å²) in [5.74, 6) is 0.0159. The maximum Gasteiger partial charge on any atom is 0.127 e. The van der Waals surface area contributed by atoms with Crippen LogP contribution in [0, 0.1) is 0 Å². The SMILES string of the molecule is O=CC1Cc2ccc(Cl)c3cccc1c23. The average molecular weight is 217 g/mol. The zero-order valence-corrected chi connectivity index (χ0v) is 8.79. The van der Waals surface area contributed by atoms with Crippen molar-refractivity contribution in [1.82, 2.24) is 0 Å². The van der Waals surface area contributed by atoms with Crippen molar-refractivity contribution in [3.05, 3.63) is 46.5 Å². The molecule has 0 amide bonds. The Kier molecular flexibility index (Phi) is 1.83. The van der Waals surface area contributed by atoms with E-state index in [4.69, 9.17) is 11.6 Å². The molecule has 0 radical (unpaired) electrons. The first kappa shape index (κ1) is 8.93. The van der Waals surface area contributed by atoms with Crippen molar-refractivity contribution < 1.29 is 4.79 Å². The second-order valence-corrected chi connectivity index (χ2v) is 4.33. The second kappa shape index (κ2) is 3.07. The van der Waals surface area contributed by atoms with E-state index >= 15 is 0 Å². The molecule has 1 nitrogen and oxygen atoms in total. The van der Waals surface area contributed by atoms with E-state index in [9.17, 15) is 4.79 Å². The van der Waals surface area contributed by atoms with Crippen molar-refractivity contribution in [3.63, 3.8) is 0 Å². The van der Waals surface area contributed by atoms with Crippen LogP contribution in [-0.2, 0) is 11.2 Å². The van der Waals surface area contributed by atoms with E-state index in [1.54, 1.807) is 0 Å². The lowest BCUT2D eigenvalue weighted by molar-refractivity contribution is -0.108. The molecule has 0 aromatic heterocycles. The number of hydrogen-bond donors (Lipinski definition) is 0. The summed E-state index contributed by atoms with van der Waals surface area (Å²) in [6, 6.07) is 9.94. The Morgan fingerprint density at radius 3 is 2.93 bits per heavy atom. The maximum absolute atomic E-state index is 11.0. The minimum Gasteiger partial charge on any atom is -0.303 e. The summed E-state index contributed by atoms with van der Waals surface area (Å²) in [5.41, 5.74) is 2.36. The third-order valence-electron chi connectivity index (χ3n) is 3.11. The zero-order valence-electron chi connectivity index (χ0n) is 8.03. The molecular formula is C13H9ClO. The highest BCUT2D eigenvalue weighted by atomic mass is 35.5. The van der Waals surface area contributed by atoms with Gasteiger partial charge in [0.25, 0.3) is 0 Å². The minimum atomic E-state index is 0.0159. The molecule has 1 atom stereocenters. The molecule has 2 heteroatoms. The molecule has 0 saturated heterocycles. The number of carbonyl (C=O) groups excluding carboxylic acids is 1. The van der Waals surface area contributed by atoms with Crippen LogP contribution in [0.4, 0.5) is 0 Å². The van der Waals surface area contributed by atoms with Gasteiger partial charge in [-0.3, -0.25) is 0 Å². The van der Waals surface area contributed by atoms with E-state index in [0.29, 0.717) is 0 Å². The average Bonchev–Trinajstić information content (AvgIpc) is 2.64. The lowest BCUT2D eigenvalue weighted by Gasteiger charge is -2.03. The number of hydrogen-bond acceptors (Lipinski definition) is 1. The Balaban J connectivity index is 2.45. The van der Waals surface area contributed by atoms with Gasteiger partial charge in [-0.05, 0) is 29.0 Å². The quantitative estimate of drug-likeness (QED) is 0.669. The Hall–Kier alpha value is -1.34. The molecule has 0 spiro atoms. The largest absolute Gasteiger partial charge is 0.303 e. The third-order valence-corrected chi connectivity index (χ3v) is 3.44. The van der Waals surface area contributed by atoms with E-state index < -0.39 is 0 Å². The smallest absolute Gasteiger partial charge is 0.127 e. The number of benzene rings is 2. The molecule has 1 aliphatic carbocycles. The molecule has 0 heterocycles. The van der Waals surface area contributed by atoms with Gasteiger partial charge in [0.05, 0.1) is 0 Å². The normalized spacial score (nSPS) is 18.3. The van der Waals surface area contributed by atoms with Crippen molar-refractivity contribution in [3.8, 4) is 0 Å². The molecule has 1 unspecified atom stereocenters.